The first kappa shape index (κ1) is 48.5. The lowest BCUT2D eigenvalue weighted by molar-refractivity contribution is -0.362. The summed E-state index contributed by atoms with van der Waals surface area (Å²) in [6.45, 7) is 4.11. The first-order valence-corrected chi connectivity index (χ1v) is 22.5. The number of rotatable bonds is 38. The van der Waals surface area contributed by atoms with Crippen molar-refractivity contribution in [3.8, 4) is 0 Å². The molecular weight excluding hydrogens is 649 g/mol. The smallest absolute Gasteiger partial charge is 0.306 e. The van der Waals surface area contributed by atoms with Gasteiger partial charge in [0.15, 0.2) is 6.10 Å². The van der Waals surface area contributed by atoms with Gasteiger partial charge in [0.05, 0.1) is 19.3 Å². The molecule has 0 bridgehead atoms. The van der Waals surface area contributed by atoms with Crippen molar-refractivity contribution >= 4 is 19.5 Å². The molecule has 294 valence electrons. The zero-order chi connectivity index (χ0) is 36.8. The molecule has 0 aliphatic heterocycles. The molecule has 0 heterocycles. The van der Waals surface area contributed by atoms with Gasteiger partial charge in [-0.15, -0.1) is 0 Å². The molecule has 0 saturated heterocycles. The molecule has 0 aromatic heterocycles. The van der Waals surface area contributed by atoms with E-state index in [-0.39, 0.29) is 44.7 Å². The van der Waals surface area contributed by atoms with E-state index in [1.807, 2.05) is 0 Å². The summed E-state index contributed by atoms with van der Waals surface area (Å²) in [5, 5.41) is 0. The highest BCUT2D eigenvalue weighted by atomic mass is 31.2. The van der Waals surface area contributed by atoms with Crippen molar-refractivity contribution in [1.82, 2.24) is 0 Å². The molecule has 50 heavy (non-hydrogen) atoms. The topological polar surface area (TPSA) is 130 Å². The van der Waals surface area contributed by atoms with E-state index in [9.17, 15) is 19.0 Å². The summed E-state index contributed by atoms with van der Waals surface area (Å²) < 4.78 is 28.0. The van der Waals surface area contributed by atoms with Gasteiger partial charge in [-0.25, -0.2) is 0 Å². The summed E-state index contributed by atoms with van der Waals surface area (Å²) in [5.41, 5.74) is 3.56. The quantitative estimate of drug-likeness (QED) is 0.0290. The van der Waals surface area contributed by atoms with Crippen LogP contribution in [0, 0.1) is 0 Å². The molecule has 0 radical (unpaired) electrons. The zero-order valence-corrected chi connectivity index (χ0v) is 33.4. The molecule has 2 atom stereocenters. The second kappa shape index (κ2) is 37.3. The van der Waals surface area contributed by atoms with Gasteiger partial charge in [-0.1, -0.05) is 141 Å². The van der Waals surface area contributed by atoms with Crippen molar-refractivity contribution in [2.75, 3.05) is 25.9 Å². The molecule has 3 N–H and O–H groups in total. The average Bonchev–Trinajstić information content (AvgIpc) is 3.09. The largest absolute Gasteiger partial charge is 0.778 e. The third-order valence-corrected chi connectivity index (χ3v) is 10.3. The third-order valence-electron chi connectivity index (χ3n) is 8.90. The van der Waals surface area contributed by atoms with Crippen LogP contribution < -0.4 is 10.6 Å². The van der Waals surface area contributed by atoms with Gasteiger partial charge in [0.25, 0.3) is 0 Å². The maximum Gasteiger partial charge on any atom is 0.306 e. The van der Waals surface area contributed by atoms with Crippen molar-refractivity contribution in [2.45, 2.75) is 200 Å². The fraction of sp³-hybridized carbons (Fsp3) is 0.854. The molecule has 0 aliphatic carbocycles. The van der Waals surface area contributed by atoms with Gasteiger partial charge in [-0.3, -0.25) is 9.59 Å². The summed E-state index contributed by atoms with van der Waals surface area (Å²) in [4.78, 5) is 36.9. The molecule has 1 unspecified atom stereocenters. The molecule has 0 aliphatic rings. The Balaban J connectivity index is 4.13. The fourth-order valence-corrected chi connectivity index (χ4v) is 6.66. The molecule has 0 amide bonds. The van der Waals surface area contributed by atoms with E-state index >= 15 is 0 Å². The minimum Gasteiger partial charge on any atom is -0.778 e. The molecule has 0 fully saturated rings. The van der Waals surface area contributed by atoms with Crippen molar-refractivity contribution in [1.29, 1.82) is 0 Å². The van der Waals surface area contributed by atoms with Crippen LogP contribution in [-0.4, -0.2) is 44.0 Å². The molecule has 0 aromatic rings. The maximum atomic E-state index is 12.5. The normalized spacial score (nSPS) is 13.6. The molecule has 9 heteroatoms. The Bertz CT molecular complexity index is 879. The average molecular weight is 728 g/mol. The molecule has 0 rings (SSSR count). The van der Waals surface area contributed by atoms with Gasteiger partial charge in [-0.05, 0) is 64.2 Å². The van der Waals surface area contributed by atoms with Gasteiger partial charge in [-0.2, -0.15) is 0 Å². The molecule has 0 saturated carbocycles. The Morgan fingerprint density at radius 2 is 0.960 bits per heavy atom. The highest BCUT2D eigenvalue weighted by Crippen LogP contribution is 2.35. The first-order valence-electron chi connectivity index (χ1n) is 20.7. The van der Waals surface area contributed by atoms with E-state index in [1.165, 1.54) is 96.3 Å². The summed E-state index contributed by atoms with van der Waals surface area (Å²) >= 11 is 0. The van der Waals surface area contributed by atoms with Crippen LogP contribution in [0.4, 0.5) is 0 Å². The Morgan fingerprint density at radius 3 is 1.38 bits per heavy atom. The highest BCUT2D eigenvalue weighted by Gasteiger charge is 2.20. The number of hydrogen-bond acceptors (Lipinski definition) is 7. The minimum absolute atomic E-state index is 0.186. The van der Waals surface area contributed by atoms with E-state index in [2.05, 4.69) is 43.9 Å². The predicted octanol–water partition coefficient (Wildman–Crippen LogP) is 10.3. The lowest BCUT2D eigenvalue weighted by Crippen LogP contribution is -2.52. The van der Waals surface area contributed by atoms with Crippen molar-refractivity contribution in [3.63, 3.8) is 0 Å². The number of carbonyl (C=O) groups excluding carboxylic acids is 2. The number of esters is 2. The van der Waals surface area contributed by atoms with E-state index in [0.29, 0.717) is 6.42 Å². The van der Waals surface area contributed by atoms with Crippen LogP contribution in [0.3, 0.4) is 0 Å². The Morgan fingerprint density at radius 1 is 0.580 bits per heavy atom. The predicted molar refractivity (Wildman–Crippen MR) is 206 cm³/mol. The van der Waals surface area contributed by atoms with E-state index in [4.69, 9.17) is 14.0 Å². The third kappa shape index (κ3) is 36.3. The van der Waals surface area contributed by atoms with Crippen LogP contribution in [0.25, 0.3) is 0 Å². The van der Waals surface area contributed by atoms with Crippen molar-refractivity contribution in [3.05, 3.63) is 24.3 Å². The highest BCUT2D eigenvalue weighted by molar-refractivity contribution is 7.51. The molecular formula is C41H78NO7P. The lowest BCUT2D eigenvalue weighted by Gasteiger charge is -2.25. The van der Waals surface area contributed by atoms with Crippen molar-refractivity contribution < 1.29 is 38.8 Å². The van der Waals surface area contributed by atoms with E-state index < -0.39 is 19.7 Å². The monoisotopic (exact) mass is 728 g/mol. The number of carbonyl (C=O) groups is 2. The zero-order valence-electron chi connectivity index (χ0n) is 32.5. The SMILES string of the molecule is CCCCCCCC/C=C/CCCCCCCC(=O)OC[C@H](COP(=O)([O-])CC[NH3+])OC(=O)CCCCCCC/C=C/CCCCCCCC. The van der Waals surface area contributed by atoms with E-state index in [1.54, 1.807) is 0 Å². The summed E-state index contributed by atoms with van der Waals surface area (Å²) in [7, 11) is -4.09. The van der Waals surface area contributed by atoms with Crippen LogP contribution in [0.5, 0.6) is 0 Å². The maximum absolute atomic E-state index is 12.5. The van der Waals surface area contributed by atoms with Gasteiger partial charge >= 0.3 is 11.9 Å². The fourth-order valence-electron chi connectivity index (χ4n) is 5.75. The summed E-state index contributed by atoms with van der Waals surface area (Å²) in [5.74, 6) is -0.800. The van der Waals surface area contributed by atoms with Crippen LogP contribution in [0.1, 0.15) is 194 Å². The van der Waals surface area contributed by atoms with Crippen LogP contribution >= 0.6 is 7.60 Å². The first-order chi connectivity index (χ1) is 24.3. The number of quaternary nitrogens is 1. The standard InChI is InChI=1S/C41H78NO7P/c1-3-5-7-9-11-13-15-17-19-21-23-25-27-29-31-33-40(43)47-37-39(38-48-50(45,46)36-35-42)49-41(44)34-32-30-28-26-24-22-20-18-16-14-12-10-8-6-4-2/h17-20,39H,3-16,21-38,42H2,1-2H3,(H,45,46)/b19-17+,20-18+/t39-/m1/s1. The van der Waals surface area contributed by atoms with Crippen molar-refractivity contribution in [2.24, 2.45) is 0 Å². The minimum atomic E-state index is -4.09. The molecule has 8 nitrogen and oxygen atoms in total. The second-order valence-corrected chi connectivity index (χ2v) is 15.9. The van der Waals surface area contributed by atoms with Gasteiger partial charge in [0, 0.05) is 12.8 Å². The Kier molecular flexibility index (Phi) is 36.2. The lowest BCUT2D eigenvalue weighted by atomic mass is 10.1. The molecule has 0 spiro atoms. The molecule has 0 aromatic carbocycles. The number of ether oxygens (including phenoxy) is 2. The van der Waals surface area contributed by atoms with Crippen LogP contribution in [-0.2, 0) is 28.2 Å². The Labute approximate surface area is 307 Å². The second-order valence-electron chi connectivity index (χ2n) is 13.9. The summed E-state index contributed by atoms with van der Waals surface area (Å²) in [6.07, 6.45) is 39.3. The number of allylic oxidation sites excluding steroid dienone is 4. The number of hydrogen-bond donors (Lipinski definition) is 1. The summed E-state index contributed by atoms with van der Waals surface area (Å²) in [6, 6.07) is 0. The van der Waals surface area contributed by atoms with Crippen LogP contribution in [0.15, 0.2) is 24.3 Å². The van der Waals surface area contributed by atoms with Gasteiger partial charge in [0.1, 0.15) is 14.2 Å². The van der Waals surface area contributed by atoms with Gasteiger partial charge < -0.3 is 29.2 Å². The van der Waals surface area contributed by atoms with Gasteiger partial charge in [0.2, 0.25) is 0 Å². The van der Waals surface area contributed by atoms with Crippen LogP contribution in [0.2, 0.25) is 0 Å². The Hall–Kier alpha value is -1.47. The number of unbranched alkanes of at least 4 members (excludes halogenated alkanes) is 22. The van der Waals surface area contributed by atoms with E-state index in [0.717, 1.165) is 64.2 Å².